The summed E-state index contributed by atoms with van der Waals surface area (Å²) in [7, 11) is 0. The topological polar surface area (TPSA) is 89.8 Å². The Morgan fingerprint density at radius 3 is 2.41 bits per heavy atom. The molecule has 8 heteroatoms. The van der Waals surface area contributed by atoms with Crippen LogP contribution in [-0.4, -0.2) is 25.0 Å². The zero-order valence-electron chi connectivity index (χ0n) is 11.2. The third kappa shape index (κ3) is 3.06. The van der Waals surface area contributed by atoms with Crippen LogP contribution in [0, 0.1) is 0 Å². The molecule has 1 aromatic carbocycles. The fourth-order valence-corrected chi connectivity index (χ4v) is 2.17. The summed E-state index contributed by atoms with van der Waals surface area (Å²) in [5.74, 6) is 0.134. The van der Waals surface area contributed by atoms with Crippen LogP contribution in [0.5, 0.6) is 11.5 Å². The fraction of sp³-hybridized carbons (Fsp3) is 0.143. The van der Waals surface area contributed by atoms with Gasteiger partial charge in [-0.25, -0.2) is 0 Å². The molecule has 7 nitrogen and oxygen atoms in total. The number of carbonyl (C=O) groups is 2. The van der Waals surface area contributed by atoms with Crippen LogP contribution in [-0.2, 0) is 0 Å². The van der Waals surface area contributed by atoms with Crippen LogP contribution in [0.25, 0.3) is 0 Å². The summed E-state index contributed by atoms with van der Waals surface area (Å²) < 4.78 is 16.3. The Hall–Kier alpha value is -2.48. The van der Waals surface area contributed by atoms with Crippen molar-refractivity contribution in [3.05, 3.63) is 46.3 Å². The monoisotopic (exact) mass is 366 g/mol. The molecule has 0 aliphatic carbocycles. The molecule has 0 saturated heterocycles. The van der Waals surface area contributed by atoms with Gasteiger partial charge in [-0.2, -0.15) is 0 Å². The SMILES string of the molecule is O=C(NNC(=O)c1ccc(Br)o1)c1ccc2c(c1)OCCO2. The molecule has 1 aliphatic rings. The molecule has 2 N–H and O–H groups in total. The highest BCUT2D eigenvalue weighted by molar-refractivity contribution is 9.10. The van der Waals surface area contributed by atoms with Gasteiger partial charge in [0.2, 0.25) is 0 Å². The second-order valence-electron chi connectivity index (χ2n) is 4.37. The minimum atomic E-state index is -0.559. The van der Waals surface area contributed by atoms with E-state index in [1.165, 1.54) is 6.07 Å². The number of nitrogens with one attached hydrogen (secondary N) is 2. The van der Waals surface area contributed by atoms with E-state index in [2.05, 4.69) is 26.8 Å². The van der Waals surface area contributed by atoms with Gasteiger partial charge >= 0.3 is 5.91 Å². The van der Waals surface area contributed by atoms with Crippen LogP contribution in [0.15, 0.2) is 39.4 Å². The van der Waals surface area contributed by atoms with Crippen molar-refractivity contribution in [1.82, 2.24) is 10.9 Å². The van der Waals surface area contributed by atoms with Gasteiger partial charge in [0, 0.05) is 5.56 Å². The van der Waals surface area contributed by atoms with E-state index in [1.807, 2.05) is 0 Å². The maximum absolute atomic E-state index is 12.0. The highest BCUT2D eigenvalue weighted by Gasteiger charge is 2.16. The van der Waals surface area contributed by atoms with E-state index >= 15 is 0 Å². The summed E-state index contributed by atoms with van der Waals surface area (Å²) in [4.78, 5) is 23.8. The Morgan fingerprint density at radius 2 is 1.68 bits per heavy atom. The first-order valence-electron chi connectivity index (χ1n) is 6.39. The quantitative estimate of drug-likeness (QED) is 0.792. The van der Waals surface area contributed by atoms with E-state index in [-0.39, 0.29) is 5.76 Å². The minimum Gasteiger partial charge on any atom is -0.486 e. The number of hydrogen-bond acceptors (Lipinski definition) is 5. The number of carbonyl (C=O) groups excluding carboxylic acids is 2. The van der Waals surface area contributed by atoms with E-state index in [0.717, 1.165) is 0 Å². The highest BCUT2D eigenvalue weighted by Crippen LogP contribution is 2.30. The first-order chi connectivity index (χ1) is 10.6. The standard InChI is InChI=1S/C14H11BrN2O5/c15-12-4-3-10(22-12)14(19)17-16-13(18)8-1-2-9-11(7-8)21-6-5-20-9/h1-4,7H,5-6H2,(H,16,18)(H,17,19). The number of hydrazine groups is 1. The van der Waals surface area contributed by atoms with Crippen LogP contribution in [0.1, 0.15) is 20.9 Å². The van der Waals surface area contributed by atoms with Gasteiger partial charge in [-0.05, 0) is 46.3 Å². The Bertz CT molecular complexity index is 728. The lowest BCUT2D eigenvalue weighted by Gasteiger charge is -2.18. The average Bonchev–Trinajstić information content (AvgIpc) is 2.98. The summed E-state index contributed by atoms with van der Waals surface area (Å²) in [6.45, 7) is 0.912. The van der Waals surface area contributed by atoms with Crippen molar-refractivity contribution in [1.29, 1.82) is 0 Å². The molecule has 0 unspecified atom stereocenters. The number of halogens is 1. The zero-order chi connectivity index (χ0) is 15.5. The molecule has 2 heterocycles. The Balaban J connectivity index is 1.63. The van der Waals surface area contributed by atoms with E-state index in [9.17, 15) is 9.59 Å². The van der Waals surface area contributed by atoms with Crippen molar-refractivity contribution in [2.24, 2.45) is 0 Å². The number of hydrogen-bond donors (Lipinski definition) is 2. The fourth-order valence-electron chi connectivity index (χ4n) is 1.87. The van der Waals surface area contributed by atoms with Gasteiger partial charge in [0.1, 0.15) is 13.2 Å². The molecule has 2 aromatic rings. The Morgan fingerprint density at radius 1 is 0.955 bits per heavy atom. The smallest absolute Gasteiger partial charge is 0.305 e. The zero-order valence-corrected chi connectivity index (χ0v) is 12.8. The number of ether oxygens (including phenoxy) is 2. The van der Waals surface area contributed by atoms with Gasteiger partial charge in [0.25, 0.3) is 5.91 Å². The lowest BCUT2D eigenvalue weighted by atomic mass is 10.2. The van der Waals surface area contributed by atoms with Crippen LogP contribution < -0.4 is 20.3 Å². The molecule has 0 saturated carbocycles. The van der Waals surface area contributed by atoms with Gasteiger partial charge in [-0.3, -0.25) is 20.4 Å². The lowest BCUT2D eigenvalue weighted by molar-refractivity contribution is 0.0829. The maximum Gasteiger partial charge on any atom is 0.305 e. The maximum atomic E-state index is 12.0. The van der Waals surface area contributed by atoms with Crippen molar-refractivity contribution in [2.75, 3.05) is 13.2 Å². The highest BCUT2D eigenvalue weighted by atomic mass is 79.9. The molecular weight excluding hydrogens is 356 g/mol. The van der Waals surface area contributed by atoms with E-state index < -0.39 is 11.8 Å². The molecule has 0 bridgehead atoms. The van der Waals surface area contributed by atoms with Crippen molar-refractivity contribution >= 4 is 27.7 Å². The number of benzene rings is 1. The molecule has 0 atom stereocenters. The van der Waals surface area contributed by atoms with Crippen molar-refractivity contribution in [3.63, 3.8) is 0 Å². The molecule has 1 aliphatic heterocycles. The van der Waals surface area contributed by atoms with Gasteiger partial charge in [-0.1, -0.05) is 0 Å². The van der Waals surface area contributed by atoms with Crippen LogP contribution in [0.3, 0.4) is 0 Å². The molecule has 2 amide bonds. The molecule has 1 aromatic heterocycles. The van der Waals surface area contributed by atoms with Gasteiger partial charge in [0.05, 0.1) is 0 Å². The van der Waals surface area contributed by atoms with Crippen molar-refractivity contribution < 1.29 is 23.5 Å². The normalized spacial score (nSPS) is 12.6. The van der Waals surface area contributed by atoms with Crippen LogP contribution >= 0.6 is 15.9 Å². The van der Waals surface area contributed by atoms with Gasteiger partial charge in [-0.15, -0.1) is 0 Å². The number of furan rings is 1. The second kappa shape index (κ2) is 6.10. The number of rotatable bonds is 2. The molecule has 22 heavy (non-hydrogen) atoms. The third-order valence-electron chi connectivity index (χ3n) is 2.89. The summed E-state index contributed by atoms with van der Waals surface area (Å²) >= 11 is 3.09. The largest absolute Gasteiger partial charge is 0.486 e. The van der Waals surface area contributed by atoms with E-state index in [4.69, 9.17) is 13.9 Å². The van der Waals surface area contributed by atoms with Crippen molar-refractivity contribution in [2.45, 2.75) is 0 Å². The number of amides is 2. The first-order valence-corrected chi connectivity index (χ1v) is 7.18. The van der Waals surface area contributed by atoms with Crippen LogP contribution in [0.4, 0.5) is 0 Å². The summed E-state index contributed by atoms with van der Waals surface area (Å²) in [6.07, 6.45) is 0. The first kappa shape index (κ1) is 14.5. The Kier molecular flexibility index (Phi) is 4.01. The van der Waals surface area contributed by atoms with E-state index in [1.54, 1.807) is 24.3 Å². The summed E-state index contributed by atoms with van der Waals surface area (Å²) in [6, 6.07) is 7.85. The molecule has 0 spiro atoms. The Labute approximate surface area is 133 Å². The average molecular weight is 367 g/mol. The van der Waals surface area contributed by atoms with Crippen molar-refractivity contribution in [3.8, 4) is 11.5 Å². The lowest BCUT2D eigenvalue weighted by Crippen LogP contribution is -2.41. The summed E-state index contributed by atoms with van der Waals surface area (Å²) in [5, 5.41) is 0. The summed E-state index contributed by atoms with van der Waals surface area (Å²) in [5.41, 5.74) is 4.91. The molecule has 0 radical (unpaired) electrons. The predicted octanol–water partition coefficient (Wildman–Crippen LogP) is 1.89. The second-order valence-corrected chi connectivity index (χ2v) is 5.15. The molecule has 0 fully saturated rings. The third-order valence-corrected chi connectivity index (χ3v) is 3.32. The van der Waals surface area contributed by atoms with E-state index in [0.29, 0.717) is 34.9 Å². The van der Waals surface area contributed by atoms with Gasteiger partial charge in [0.15, 0.2) is 21.9 Å². The van der Waals surface area contributed by atoms with Crippen LogP contribution in [0.2, 0.25) is 0 Å². The molecular formula is C14H11BrN2O5. The number of fused-ring (bicyclic) bond motifs is 1. The predicted molar refractivity (Wildman–Crippen MR) is 78.8 cm³/mol. The molecule has 114 valence electrons. The molecule has 3 rings (SSSR count). The van der Waals surface area contributed by atoms with Gasteiger partial charge < -0.3 is 13.9 Å². The minimum absolute atomic E-state index is 0.0781.